The van der Waals surface area contributed by atoms with Crippen molar-refractivity contribution < 1.29 is 28.5 Å². The second kappa shape index (κ2) is 23.0. The summed E-state index contributed by atoms with van der Waals surface area (Å²) in [6.07, 6.45) is 3.82. The number of amides is 2. The fourth-order valence-corrected chi connectivity index (χ4v) is 2.33. The second-order valence-electron chi connectivity index (χ2n) is 6.55. The minimum absolute atomic E-state index is 0.0233. The highest BCUT2D eigenvalue weighted by Crippen LogP contribution is 1.96. The number of carbonyl (C=O) groups is 2. The van der Waals surface area contributed by atoms with Gasteiger partial charge in [0.1, 0.15) is 0 Å². The SMILES string of the molecule is CNCCCOCCOCCOCCCNC(=O)CCCC(=O)NCCCOC. The van der Waals surface area contributed by atoms with Crippen LogP contribution in [0.1, 0.15) is 38.5 Å². The number of ether oxygens (including phenoxy) is 4. The van der Waals surface area contributed by atoms with E-state index in [1.54, 1.807) is 7.11 Å². The van der Waals surface area contributed by atoms with Crippen LogP contribution >= 0.6 is 0 Å². The first-order valence-corrected chi connectivity index (χ1v) is 10.6. The van der Waals surface area contributed by atoms with Gasteiger partial charge in [-0.3, -0.25) is 9.59 Å². The number of carbonyl (C=O) groups excluding carboxylic acids is 2. The van der Waals surface area contributed by atoms with Gasteiger partial charge in [-0.2, -0.15) is 0 Å². The summed E-state index contributed by atoms with van der Waals surface area (Å²) in [5.41, 5.74) is 0. The number of nitrogens with one attached hydrogen (secondary N) is 3. The topological polar surface area (TPSA) is 107 Å². The number of rotatable bonds is 22. The van der Waals surface area contributed by atoms with Crippen molar-refractivity contribution in [2.24, 2.45) is 0 Å². The molecule has 9 nitrogen and oxygen atoms in total. The molecule has 0 saturated heterocycles. The monoisotopic (exact) mass is 419 g/mol. The maximum Gasteiger partial charge on any atom is 0.220 e. The molecule has 0 unspecified atom stereocenters. The summed E-state index contributed by atoms with van der Waals surface area (Å²) in [5.74, 6) is -0.0555. The molecule has 0 bridgehead atoms. The van der Waals surface area contributed by atoms with E-state index in [0.29, 0.717) is 72.0 Å². The Morgan fingerprint density at radius 1 is 0.621 bits per heavy atom. The molecule has 0 aliphatic rings. The van der Waals surface area contributed by atoms with Gasteiger partial charge in [0, 0.05) is 52.9 Å². The van der Waals surface area contributed by atoms with Gasteiger partial charge < -0.3 is 34.9 Å². The molecule has 0 aliphatic carbocycles. The molecular formula is C20H41N3O6. The highest BCUT2D eigenvalue weighted by Gasteiger charge is 2.04. The molecule has 0 heterocycles. The Morgan fingerprint density at radius 2 is 1.07 bits per heavy atom. The zero-order chi connectivity index (χ0) is 21.4. The average molecular weight is 420 g/mol. The Labute approximate surface area is 175 Å². The van der Waals surface area contributed by atoms with Crippen LogP contribution in [0.2, 0.25) is 0 Å². The molecule has 0 rings (SSSR count). The lowest BCUT2D eigenvalue weighted by Crippen LogP contribution is -2.27. The van der Waals surface area contributed by atoms with Crippen molar-refractivity contribution in [3.63, 3.8) is 0 Å². The standard InChI is InChI=1S/C20H41N3O6/c1-21-9-4-13-27-15-17-29-18-16-28-14-6-11-23-20(25)8-3-7-19(24)22-10-5-12-26-2/h21H,3-18H2,1-2H3,(H,22,24)(H,23,25). The van der Waals surface area contributed by atoms with Crippen LogP contribution in [0.4, 0.5) is 0 Å². The molecule has 0 saturated carbocycles. The number of hydrogen-bond acceptors (Lipinski definition) is 7. The maximum absolute atomic E-state index is 11.7. The zero-order valence-corrected chi connectivity index (χ0v) is 18.3. The first-order valence-electron chi connectivity index (χ1n) is 10.6. The van der Waals surface area contributed by atoms with Crippen molar-refractivity contribution in [3.8, 4) is 0 Å². The normalized spacial score (nSPS) is 10.8. The molecule has 29 heavy (non-hydrogen) atoms. The Bertz CT molecular complexity index is 385. The maximum atomic E-state index is 11.7. The second-order valence-corrected chi connectivity index (χ2v) is 6.55. The molecule has 172 valence electrons. The zero-order valence-electron chi connectivity index (χ0n) is 18.3. The van der Waals surface area contributed by atoms with E-state index in [1.807, 2.05) is 7.05 Å². The largest absolute Gasteiger partial charge is 0.385 e. The van der Waals surface area contributed by atoms with Crippen molar-refractivity contribution in [1.29, 1.82) is 0 Å². The van der Waals surface area contributed by atoms with Gasteiger partial charge in [0.2, 0.25) is 11.8 Å². The molecule has 9 heteroatoms. The van der Waals surface area contributed by atoms with Gasteiger partial charge in [0.25, 0.3) is 0 Å². The van der Waals surface area contributed by atoms with Crippen molar-refractivity contribution in [1.82, 2.24) is 16.0 Å². The van der Waals surface area contributed by atoms with E-state index in [2.05, 4.69) is 16.0 Å². The third kappa shape index (κ3) is 22.9. The molecule has 0 aliphatic heterocycles. The van der Waals surface area contributed by atoms with E-state index in [0.717, 1.165) is 32.4 Å². The minimum atomic E-state index is -0.0322. The van der Waals surface area contributed by atoms with Gasteiger partial charge in [-0.1, -0.05) is 0 Å². The highest BCUT2D eigenvalue weighted by molar-refractivity contribution is 5.78. The van der Waals surface area contributed by atoms with Crippen molar-refractivity contribution in [3.05, 3.63) is 0 Å². The average Bonchev–Trinajstić information content (AvgIpc) is 2.71. The summed E-state index contributed by atoms with van der Waals surface area (Å²) in [6, 6.07) is 0. The Balaban J connectivity index is 3.24. The van der Waals surface area contributed by atoms with Gasteiger partial charge in [-0.05, 0) is 39.3 Å². The van der Waals surface area contributed by atoms with E-state index >= 15 is 0 Å². The van der Waals surface area contributed by atoms with E-state index in [1.165, 1.54) is 0 Å². The molecule has 2 amide bonds. The van der Waals surface area contributed by atoms with Crippen LogP contribution in [0.3, 0.4) is 0 Å². The third-order valence-electron chi connectivity index (χ3n) is 3.90. The lowest BCUT2D eigenvalue weighted by Gasteiger charge is -2.08. The number of hydrogen-bond donors (Lipinski definition) is 3. The van der Waals surface area contributed by atoms with Crippen LogP contribution in [0, 0.1) is 0 Å². The Kier molecular flexibility index (Phi) is 22.0. The van der Waals surface area contributed by atoms with E-state index in [4.69, 9.17) is 18.9 Å². The first kappa shape index (κ1) is 27.7. The molecule has 0 fully saturated rings. The number of methoxy groups -OCH3 is 1. The molecule has 3 N–H and O–H groups in total. The molecule has 0 aromatic heterocycles. The minimum Gasteiger partial charge on any atom is -0.385 e. The summed E-state index contributed by atoms with van der Waals surface area (Å²) in [7, 11) is 3.56. The van der Waals surface area contributed by atoms with Crippen LogP contribution in [0.5, 0.6) is 0 Å². The van der Waals surface area contributed by atoms with Crippen LogP contribution in [-0.2, 0) is 28.5 Å². The van der Waals surface area contributed by atoms with Crippen LogP contribution in [-0.4, -0.2) is 91.9 Å². The first-order chi connectivity index (χ1) is 14.2. The summed E-state index contributed by atoms with van der Waals surface area (Å²) in [6.45, 7) is 6.34. The Hall–Kier alpha value is -1.26. The predicted molar refractivity (Wildman–Crippen MR) is 112 cm³/mol. The van der Waals surface area contributed by atoms with Gasteiger partial charge in [-0.15, -0.1) is 0 Å². The van der Waals surface area contributed by atoms with Gasteiger partial charge in [0.15, 0.2) is 0 Å². The van der Waals surface area contributed by atoms with Crippen molar-refractivity contribution in [2.75, 3.05) is 80.0 Å². The molecular weight excluding hydrogens is 378 g/mol. The van der Waals surface area contributed by atoms with Gasteiger partial charge >= 0.3 is 0 Å². The van der Waals surface area contributed by atoms with E-state index in [-0.39, 0.29) is 11.8 Å². The molecule has 0 aromatic carbocycles. The molecule has 0 radical (unpaired) electrons. The highest BCUT2D eigenvalue weighted by atomic mass is 16.5. The predicted octanol–water partition coefficient (Wildman–Crippen LogP) is 0.475. The van der Waals surface area contributed by atoms with Crippen molar-refractivity contribution >= 4 is 11.8 Å². The molecule has 0 atom stereocenters. The third-order valence-corrected chi connectivity index (χ3v) is 3.90. The van der Waals surface area contributed by atoms with Gasteiger partial charge in [-0.25, -0.2) is 0 Å². The van der Waals surface area contributed by atoms with Crippen LogP contribution < -0.4 is 16.0 Å². The molecule has 0 aromatic rings. The molecule has 0 spiro atoms. The fraction of sp³-hybridized carbons (Fsp3) is 0.900. The Morgan fingerprint density at radius 3 is 1.55 bits per heavy atom. The van der Waals surface area contributed by atoms with E-state index in [9.17, 15) is 9.59 Å². The summed E-state index contributed by atoms with van der Waals surface area (Å²) >= 11 is 0. The smallest absolute Gasteiger partial charge is 0.220 e. The summed E-state index contributed by atoms with van der Waals surface area (Å²) in [4.78, 5) is 23.3. The quantitative estimate of drug-likeness (QED) is 0.219. The van der Waals surface area contributed by atoms with Crippen LogP contribution in [0.25, 0.3) is 0 Å². The van der Waals surface area contributed by atoms with Crippen molar-refractivity contribution in [2.45, 2.75) is 38.5 Å². The lowest BCUT2D eigenvalue weighted by atomic mass is 10.2. The fourth-order valence-electron chi connectivity index (χ4n) is 2.33. The summed E-state index contributed by atoms with van der Waals surface area (Å²) < 4.78 is 21.2. The van der Waals surface area contributed by atoms with Crippen LogP contribution in [0.15, 0.2) is 0 Å². The summed E-state index contributed by atoms with van der Waals surface area (Å²) in [5, 5.41) is 8.71. The van der Waals surface area contributed by atoms with Gasteiger partial charge in [0.05, 0.1) is 26.4 Å². The van der Waals surface area contributed by atoms with E-state index < -0.39 is 0 Å². The lowest BCUT2D eigenvalue weighted by molar-refractivity contribution is -0.122.